The molecule has 2 aliphatic heterocycles. The Balaban J connectivity index is 1.45. The van der Waals surface area contributed by atoms with Crippen molar-refractivity contribution in [1.82, 2.24) is 10.2 Å². The second-order valence-electron chi connectivity index (χ2n) is 8.33. The molecule has 1 saturated heterocycles. The highest BCUT2D eigenvalue weighted by Crippen LogP contribution is 2.42. The van der Waals surface area contributed by atoms with E-state index in [-0.39, 0.29) is 23.9 Å². The molecule has 0 atom stereocenters. The first-order chi connectivity index (χ1) is 16.9. The zero-order valence-electron chi connectivity index (χ0n) is 20.1. The zero-order chi connectivity index (χ0) is 24.9. The van der Waals surface area contributed by atoms with Crippen molar-refractivity contribution in [1.29, 1.82) is 0 Å². The van der Waals surface area contributed by atoms with E-state index in [2.05, 4.69) is 5.32 Å². The van der Waals surface area contributed by atoms with Gasteiger partial charge in [-0.1, -0.05) is 30.0 Å². The fraction of sp³-hybridized carbons (Fsp3) is 0.346. The first-order valence-corrected chi connectivity index (χ1v) is 12.4. The number of likely N-dealkylation sites (N-methyl/N-ethyl adjacent to an activating group) is 1. The molecule has 0 spiro atoms. The topological polar surface area (TPSA) is 88.2 Å². The highest BCUT2D eigenvalue weighted by Gasteiger charge is 2.29. The van der Waals surface area contributed by atoms with E-state index < -0.39 is 0 Å². The summed E-state index contributed by atoms with van der Waals surface area (Å²) in [6.45, 7) is 3.22. The summed E-state index contributed by atoms with van der Waals surface area (Å²) < 4.78 is 10.4. The fourth-order valence-corrected chi connectivity index (χ4v) is 5.24. The number of piperidine rings is 1. The van der Waals surface area contributed by atoms with Crippen molar-refractivity contribution in [3.63, 3.8) is 0 Å². The molecule has 1 fully saturated rings. The number of likely N-dealkylation sites (tertiary alicyclic amines) is 1. The van der Waals surface area contributed by atoms with E-state index in [9.17, 15) is 14.4 Å². The highest BCUT2D eigenvalue weighted by atomic mass is 32.2. The molecule has 184 valence electrons. The maximum atomic E-state index is 13.1. The van der Waals surface area contributed by atoms with Gasteiger partial charge in [0.25, 0.3) is 11.8 Å². The SMILES string of the molecule is CCOC(=O)N1CCC(NC(=O)c2ccc3c(c2)N(C)C(=O)C(=Cc2ccccc2OC)S3)CC1. The number of benzene rings is 2. The lowest BCUT2D eigenvalue weighted by molar-refractivity contribution is -0.114. The number of thioether (sulfide) groups is 1. The monoisotopic (exact) mass is 495 g/mol. The lowest BCUT2D eigenvalue weighted by atomic mass is 10.0. The van der Waals surface area contributed by atoms with Crippen LogP contribution in [0.5, 0.6) is 5.75 Å². The number of amides is 3. The lowest BCUT2D eigenvalue weighted by Gasteiger charge is -2.32. The average Bonchev–Trinajstić information content (AvgIpc) is 2.87. The van der Waals surface area contributed by atoms with Crippen molar-refractivity contribution in [3.05, 3.63) is 58.5 Å². The van der Waals surface area contributed by atoms with Gasteiger partial charge in [-0.3, -0.25) is 9.59 Å². The van der Waals surface area contributed by atoms with Crippen molar-refractivity contribution in [2.45, 2.75) is 30.7 Å². The van der Waals surface area contributed by atoms with Crippen molar-refractivity contribution >= 4 is 41.4 Å². The summed E-state index contributed by atoms with van der Waals surface area (Å²) in [7, 11) is 3.31. The molecule has 2 aromatic carbocycles. The minimum atomic E-state index is -0.309. The maximum Gasteiger partial charge on any atom is 0.409 e. The maximum absolute atomic E-state index is 13.1. The minimum absolute atomic E-state index is 0.0201. The lowest BCUT2D eigenvalue weighted by Crippen LogP contribution is -2.46. The number of ether oxygens (including phenoxy) is 2. The van der Waals surface area contributed by atoms with E-state index >= 15 is 0 Å². The number of fused-ring (bicyclic) bond motifs is 1. The van der Waals surface area contributed by atoms with Crippen LogP contribution in [0.4, 0.5) is 10.5 Å². The summed E-state index contributed by atoms with van der Waals surface area (Å²) in [5.74, 6) is 0.364. The van der Waals surface area contributed by atoms with Crippen molar-refractivity contribution in [3.8, 4) is 5.75 Å². The van der Waals surface area contributed by atoms with Gasteiger partial charge in [0, 0.05) is 42.2 Å². The molecule has 0 bridgehead atoms. The zero-order valence-corrected chi connectivity index (χ0v) is 20.9. The molecule has 1 N–H and O–H groups in total. The number of para-hydroxylation sites is 1. The molecular weight excluding hydrogens is 466 g/mol. The molecule has 2 aromatic rings. The second kappa shape index (κ2) is 10.9. The van der Waals surface area contributed by atoms with E-state index in [1.54, 1.807) is 43.0 Å². The summed E-state index contributed by atoms with van der Waals surface area (Å²) in [6.07, 6.45) is 2.85. The highest BCUT2D eigenvalue weighted by molar-refractivity contribution is 8.04. The Kier molecular flexibility index (Phi) is 7.65. The molecule has 9 heteroatoms. The Morgan fingerprint density at radius 3 is 2.63 bits per heavy atom. The summed E-state index contributed by atoms with van der Waals surface area (Å²) in [5.41, 5.74) is 2.02. The third-order valence-corrected chi connectivity index (χ3v) is 7.18. The van der Waals surface area contributed by atoms with Crippen molar-refractivity contribution in [2.75, 3.05) is 38.8 Å². The van der Waals surface area contributed by atoms with Gasteiger partial charge in [0.2, 0.25) is 0 Å². The van der Waals surface area contributed by atoms with Gasteiger partial charge in [0.15, 0.2) is 0 Å². The average molecular weight is 496 g/mol. The molecule has 0 aliphatic carbocycles. The van der Waals surface area contributed by atoms with E-state index in [4.69, 9.17) is 9.47 Å². The Hall–Kier alpha value is -3.46. The summed E-state index contributed by atoms with van der Waals surface area (Å²) in [6, 6.07) is 12.9. The Morgan fingerprint density at radius 2 is 1.91 bits per heavy atom. The van der Waals surface area contributed by atoms with Gasteiger partial charge < -0.3 is 24.6 Å². The van der Waals surface area contributed by atoms with Crippen LogP contribution >= 0.6 is 11.8 Å². The first kappa shape index (κ1) is 24.7. The van der Waals surface area contributed by atoms with E-state index in [1.165, 1.54) is 11.8 Å². The molecule has 0 unspecified atom stereocenters. The number of rotatable bonds is 5. The van der Waals surface area contributed by atoms with Gasteiger partial charge in [0.1, 0.15) is 5.75 Å². The van der Waals surface area contributed by atoms with Crippen LogP contribution in [-0.2, 0) is 9.53 Å². The number of carbonyl (C=O) groups is 3. The van der Waals surface area contributed by atoms with Crippen LogP contribution in [0.2, 0.25) is 0 Å². The summed E-state index contributed by atoms with van der Waals surface area (Å²) in [5, 5.41) is 3.06. The first-order valence-electron chi connectivity index (χ1n) is 11.6. The molecule has 2 aliphatic rings. The number of carbonyl (C=O) groups excluding carboxylic acids is 3. The van der Waals surface area contributed by atoms with E-state index in [0.29, 0.717) is 54.4 Å². The fourth-order valence-electron chi connectivity index (χ4n) is 4.15. The molecule has 0 radical (unpaired) electrons. The van der Waals surface area contributed by atoms with Gasteiger partial charge in [-0.15, -0.1) is 0 Å². The van der Waals surface area contributed by atoms with Gasteiger partial charge in [0.05, 0.1) is 24.3 Å². The number of anilines is 1. The standard InChI is InChI=1S/C26H29N3O5S/c1-4-34-26(32)29-13-11-19(12-14-29)27-24(30)18-9-10-22-20(15-18)28(2)25(31)23(35-22)16-17-7-5-6-8-21(17)33-3/h5-10,15-16,19H,4,11-14H2,1-3H3,(H,27,30). The number of nitrogens with one attached hydrogen (secondary N) is 1. The van der Waals surface area contributed by atoms with Crippen LogP contribution in [0.25, 0.3) is 6.08 Å². The molecule has 0 aromatic heterocycles. The number of nitrogens with zero attached hydrogens (tertiary/aromatic N) is 2. The molecular formula is C26H29N3O5S. The summed E-state index contributed by atoms with van der Waals surface area (Å²) in [4.78, 5) is 42.6. The molecule has 4 rings (SSSR count). The number of methoxy groups -OCH3 is 1. The third kappa shape index (κ3) is 5.45. The summed E-state index contributed by atoms with van der Waals surface area (Å²) >= 11 is 1.38. The van der Waals surface area contributed by atoms with Gasteiger partial charge in [-0.25, -0.2) is 4.79 Å². The van der Waals surface area contributed by atoms with E-state index in [0.717, 1.165) is 10.5 Å². The molecule has 35 heavy (non-hydrogen) atoms. The molecule has 2 heterocycles. The predicted octanol–water partition coefficient (Wildman–Crippen LogP) is 4.16. The Labute approximate surface area is 209 Å². The van der Waals surface area contributed by atoms with Crippen LogP contribution in [-0.4, -0.2) is 62.7 Å². The molecule has 8 nitrogen and oxygen atoms in total. The Morgan fingerprint density at radius 1 is 1.17 bits per heavy atom. The number of hydrogen-bond acceptors (Lipinski definition) is 6. The number of hydrogen-bond donors (Lipinski definition) is 1. The third-order valence-electron chi connectivity index (χ3n) is 6.10. The Bertz CT molecular complexity index is 1160. The van der Waals surface area contributed by atoms with E-state index in [1.807, 2.05) is 36.4 Å². The van der Waals surface area contributed by atoms with Gasteiger partial charge in [-0.05, 0) is 50.1 Å². The largest absolute Gasteiger partial charge is 0.496 e. The quantitative estimate of drug-likeness (QED) is 0.627. The van der Waals surface area contributed by atoms with Crippen LogP contribution in [0, 0.1) is 0 Å². The van der Waals surface area contributed by atoms with Crippen LogP contribution < -0.4 is 15.0 Å². The minimum Gasteiger partial charge on any atom is -0.496 e. The van der Waals surface area contributed by atoms with Crippen molar-refractivity contribution in [2.24, 2.45) is 0 Å². The normalized spacial score (nSPS) is 17.2. The second-order valence-corrected chi connectivity index (χ2v) is 9.42. The molecule has 3 amide bonds. The molecule has 0 saturated carbocycles. The smallest absolute Gasteiger partial charge is 0.409 e. The van der Waals surface area contributed by atoms with Gasteiger partial charge in [-0.2, -0.15) is 0 Å². The van der Waals surface area contributed by atoms with Crippen LogP contribution in [0.1, 0.15) is 35.7 Å². The van der Waals surface area contributed by atoms with Crippen LogP contribution in [0.3, 0.4) is 0 Å². The van der Waals surface area contributed by atoms with Crippen molar-refractivity contribution < 1.29 is 23.9 Å². The van der Waals surface area contributed by atoms with Gasteiger partial charge >= 0.3 is 6.09 Å². The predicted molar refractivity (Wildman–Crippen MR) is 136 cm³/mol. The van der Waals surface area contributed by atoms with Crippen LogP contribution in [0.15, 0.2) is 52.3 Å².